The molecule has 0 radical (unpaired) electrons. The number of nitrogens with two attached hydrogens (primary N) is 1. The lowest BCUT2D eigenvalue weighted by Crippen LogP contribution is -2.37. The summed E-state index contributed by atoms with van der Waals surface area (Å²) < 4.78 is 27.8. The molecule has 1 heterocycles. The number of hydrogen-bond acceptors (Lipinski definition) is 4. The number of nitrogens with zero attached hydrogens (tertiary/aromatic N) is 3. The van der Waals surface area contributed by atoms with Gasteiger partial charge in [0.1, 0.15) is 0 Å². The van der Waals surface area contributed by atoms with Gasteiger partial charge >= 0.3 is 0 Å². The Morgan fingerprint density at radius 1 is 1.58 bits per heavy atom. The molecule has 0 amide bonds. The van der Waals surface area contributed by atoms with Crippen LogP contribution >= 0.6 is 12.2 Å². The highest BCUT2D eigenvalue weighted by Crippen LogP contribution is 2.16. The minimum Gasteiger partial charge on any atom is -0.393 e. The van der Waals surface area contributed by atoms with Crippen LogP contribution in [0.4, 0.5) is 0 Å². The molecule has 0 aliphatic carbocycles. The molecular formula is C11H20N4O2S2. The zero-order valence-corrected chi connectivity index (χ0v) is 13.0. The van der Waals surface area contributed by atoms with Crippen LogP contribution in [0.3, 0.4) is 0 Å². The maximum atomic E-state index is 12.5. The third-order valence-corrected chi connectivity index (χ3v) is 4.70. The molecule has 0 bridgehead atoms. The van der Waals surface area contributed by atoms with Crippen LogP contribution in [-0.4, -0.2) is 40.6 Å². The van der Waals surface area contributed by atoms with Crippen LogP contribution in [0.25, 0.3) is 0 Å². The molecule has 19 heavy (non-hydrogen) atoms. The smallest absolute Gasteiger partial charge is 0.260 e. The summed E-state index contributed by atoms with van der Waals surface area (Å²) >= 11 is 4.81. The van der Waals surface area contributed by atoms with E-state index in [4.69, 9.17) is 18.0 Å². The summed E-state index contributed by atoms with van der Waals surface area (Å²) in [5.74, 6) is 0.217. The van der Waals surface area contributed by atoms with Gasteiger partial charge in [-0.3, -0.25) is 4.68 Å². The maximum absolute atomic E-state index is 12.5. The van der Waals surface area contributed by atoms with E-state index in [2.05, 4.69) is 5.10 Å². The van der Waals surface area contributed by atoms with Crippen LogP contribution in [0.5, 0.6) is 0 Å². The van der Waals surface area contributed by atoms with E-state index in [0.717, 1.165) is 0 Å². The molecule has 2 N–H and O–H groups in total. The van der Waals surface area contributed by atoms with E-state index in [1.54, 1.807) is 7.05 Å². The summed E-state index contributed by atoms with van der Waals surface area (Å²) in [6, 6.07) is 1.49. The van der Waals surface area contributed by atoms with Crippen LogP contribution in [-0.2, 0) is 17.1 Å². The van der Waals surface area contributed by atoms with Gasteiger partial charge in [-0.25, -0.2) is 8.42 Å². The Morgan fingerprint density at radius 3 is 2.63 bits per heavy atom. The molecule has 0 saturated heterocycles. The molecule has 0 atom stereocenters. The quantitative estimate of drug-likeness (QED) is 0.752. The zero-order valence-electron chi connectivity index (χ0n) is 11.4. The molecule has 108 valence electrons. The fraction of sp³-hybridized carbons (Fsp3) is 0.636. The summed E-state index contributed by atoms with van der Waals surface area (Å²) in [7, 11) is -1.96. The van der Waals surface area contributed by atoms with E-state index in [-0.39, 0.29) is 10.9 Å². The van der Waals surface area contributed by atoms with Crippen LogP contribution < -0.4 is 5.73 Å². The first kappa shape index (κ1) is 16.1. The Balaban J connectivity index is 3.02. The van der Waals surface area contributed by atoms with Gasteiger partial charge in [0.2, 0.25) is 0 Å². The molecule has 0 saturated carbocycles. The van der Waals surface area contributed by atoms with E-state index >= 15 is 0 Å². The number of hydrogen-bond donors (Lipinski definition) is 1. The van der Waals surface area contributed by atoms with Crippen LogP contribution in [0.2, 0.25) is 0 Å². The molecule has 0 spiro atoms. The molecule has 0 aliphatic heterocycles. The van der Waals surface area contributed by atoms with E-state index in [9.17, 15) is 8.42 Å². The summed E-state index contributed by atoms with van der Waals surface area (Å²) in [4.78, 5) is 0.314. The second-order valence-electron chi connectivity index (χ2n) is 4.77. The monoisotopic (exact) mass is 304 g/mol. The Morgan fingerprint density at radius 2 is 2.21 bits per heavy atom. The largest absolute Gasteiger partial charge is 0.393 e. The van der Waals surface area contributed by atoms with Crippen LogP contribution in [0.15, 0.2) is 17.3 Å². The molecule has 0 unspecified atom stereocenters. The first-order valence-electron chi connectivity index (χ1n) is 6.01. The predicted octanol–water partition coefficient (Wildman–Crippen LogP) is 0.743. The van der Waals surface area contributed by atoms with Gasteiger partial charge in [0.15, 0.2) is 5.03 Å². The molecule has 8 heteroatoms. The van der Waals surface area contributed by atoms with Gasteiger partial charge in [-0.2, -0.15) is 9.40 Å². The minimum absolute atomic E-state index is 0.177. The van der Waals surface area contributed by atoms with Crippen molar-refractivity contribution in [2.45, 2.75) is 25.3 Å². The van der Waals surface area contributed by atoms with Crippen molar-refractivity contribution >= 4 is 27.2 Å². The second kappa shape index (κ2) is 6.44. The molecule has 1 rings (SSSR count). The van der Waals surface area contributed by atoms with Crippen LogP contribution in [0, 0.1) is 5.92 Å². The zero-order chi connectivity index (χ0) is 14.6. The van der Waals surface area contributed by atoms with Gasteiger partial charge < -0.3 is 5.73 Å². The van der Waals surface area contributed by atoms with Gasteiger partial charge in [-0.1, -0.05) is 26.1 Å². The van der Waals surface area contributed by atoms with Gasteiger partial charge in [-0.15, -0.1) is 0 Å². The normalized spacial score (nSPS) is 12.3. The topological polar surface area (TPSA) is 81.2 Å². The maximum Gasteiger partial charge on any atom is 0.260 e. The molecule has 0 aliphatic rings. The Hall–Kier alpha value is -0.990. The molecule has 0 fully saturated rings. The van der Waals surface area contributed by atoms with Gasteiger partial charge in [0.25, 0.3) is 10.0 Å². The summed E-state index contributed by atoms with van der Waals surface area (Å²) in [6.45, 7) is 4.65. The van der Waals surface area contributed by atoms with Crippen molar-refractivity contribution in [1.29, 1.82) is 0 Å². The van der Waals surface area contributed by atoms with Crippen molar-refractivity contribution in [3.63, 3.8) is 0 Å². The van der Waals surface area contributed by atoms with E-state index in [1.807, 2.05) is 13.8 Å². The van der Waals surface area contributed by atoms with Crippen molar-refractivity contribution in [2.24, 2.45) is 18.7 Å². The Bertz CT molecular complexity index is 537. The molecular weight excluding hydrogens is 284 g/mol. The number of aryl methyl sites for hydroxylation is 1. The molecule has 1 aromatic rings. The summed E-state index contributed by atoms with van der Waals surface area (Å²) in [5.41, 5.74) is 5.46. The van der Waals surface area contributed by atoms with E-state index in [0.29, 0.717) is 24.5 Å². The second-order valence-corrected chi connectivity index (χ2v) is 7.18. The molecule has 0 aromatic carbocycles. The van der Waals surface area contributed by atoms with Crippen molar-refractivity contribution in [1.82, 2.24) is 14.1 Å². The van der Waals surface area contributed by atoms with Crippen molar-refractivity contribution < 1.29 is 8.42 Å². The fourth-order valence-corrected chi connectivity index (χ4v) is 3.49. The van der Waals surface area contributed by atoms with Crippen LogP contribution in [0.1, 0.15) is 20.3 Å². The average molecular weight is 304 g/mol. The lowest BCUT2D eigenvalue weighted by Gasteiger charge is -2.23. The summed E-state index contributed by atoms with van der Waals surface area (Å²) in [5, 5.41) is 4.08. The lowest BCUT2D eigenvalue weighted by atomic mass is 10.2. The number of sulfonamides is 1. The van der Waals surface area contributed by atoms with Gasteiger partial charge in [0, 0.05) is 26.6 Å². The van der Waals surface area contributed by atoms with E-state index < -0.39 is 10.0 Å². The highest BCUT2D eigenvalue weighted by atomic mass is 32.2. The average Bonchev–Trinajstić information content (AvgIpc) is 2.70. The first-order chi connectivity index (χ1) is 8.75. The van der Waals surface area contributed by atoms with Crippen molar-refractivity contribution in [2.75, 3.05) is 13.1 Å². The highest BCUT2D eigenvalue weighted by Gasteiger charge is 2.27. The number of thiocarbonyl (C=S) groups is 1. The Kier molecular flexibility index (Phi) is 5.45. The predicted molar refractivity (Wildman–Crippen MR) is 78.2 cm³/mol. The number of rotatable bonds is 7. The molecule has 6 nitrogen and oxygen atoms in total. The number of aromatic nitrogens is 2. The van der Waals surface area contributed by atoms with Crippen molar-refractivity contribution in [3.8, 4) is 0 Å². The summed E-state index contributed by atoms with van der Waals surface area (Å²) in [6.07, 6.45) is 1.84. The fourth-order valence-electron chi connectivity index (χ4n) is 1.70. The SMILES string of the molecule is CC(C)CN(CCC(N)=S)S(=O)(=O)c1ccnn1C. The van der Waals surface area contributed by atoms with Crippen molar-refractivity contribution in [3.05, 3.63) is 12.3 Å². The third-order valence-electron chi connectivity index (χ3n) is 2.56. The van der Waals surface area contributed by atoms with Gasteiger partial charge in [0.05, 0.1) is 11.2 Å². The standard InChI is InChI=1S/C11H20N4O2S2/c1-9(2)8-15(7-5-10(12)18)19(16,17)11-4-6-13-14(11)3/h4,6,9H,5,7-8H2,1-3H3,(H2,12,18). The third kappa shape index (κ3) is 4.26. The highest BCUT2D eigenvalue weighted by molar-refractivity contribution is 7.89. The first-order valence-corrected chi connectivity index (χ1v) is 7.86. The Labute approximate surface area is 119 Å². The molecule has 1 aromatic heterocycles. The van der Waals surface area contributed by atoms with Gasteiger partial charge in [-0.05, 0) is 12.0 Å². The van der Waals surface area contributed by atoms with E-state index in [1.165, 1.54) is 21.3 Å². The lowest BCUT2D eigenvalue weighted by molar-refractivity contribution is 0.371. The minimum atomic E-state index is -3.56.